The Labute approximate surface area is 135 Å². The van der Waals surface area contributed by atoms with Crippen LogP contribution in [0.25, 0.3) is 0 Å². The molecule has 0 aromatic heterocycles. The zero-order valence-electron chi connectivity index (χ0n) is 13.3. The van der Waals surface area contributed by atoms with Crippen molar-refractivity contribution in [3.05, 3.63) is 35.9 Å². The van der Waals surface area contributed by atoms with Gasteiger partial charge in [-0.2, -0.15) is 0 Å². The maximum Gasteiger partial charge on any atom is 0.310 e. The van der Waals surface area contributed by atoms with Crippen LogP contribution >= 0.6 is 0 Å². The number of esters is 2. The van der Waals surface area contributed by atoms with E-state index in [0.717, 1.165) is 0 Å². The van der Waals surface area contributed by atoms with Crippen LogP contribution < -0.4 is 5.32 Å². The Bertz CT molecular complexity index is 589. The van der Waals surface area contributed by atoms with Crippen LogP contribution in [0.3, 0.4) is 0 Å². The topological polar surface area (TPSA) is 89.5 Å². The van der Waals surface area contributed by atoms with Gasteiger partial charge in [-0.25, -0.2) is 0 Å². The first-order chi connectivity index (χ1) is 10.8. The van der Waals surface area contributed by atoms with E-state index in [2.05, 4.69) is 16.0 Å². The highest BCUT2D eigenvalue weighted by Gasteiger charge is 2.16. The molecular formula is C17H19NO5. The van der Waals surface area contributed by atoms with Crippen molar-refractivity contribution in [1.29, 1.82) is 0 Å². The van der Waals surface area contributed by atoms with Crippen LogP contribution in [0.2, 0.25) is 0 Å². The summed E-state index contributed by atoms with van der Waals surface area (Å²) < 4.78 is 3.97. The summed E-state index contributed by atoms with van der Waals surface area (Å²) in [5.41, 5.74) is 0.519. The normalized spacial score (nSPS) is 10.2. The molecule has 0 saturated carbocycles. The molecule has 1 aromatic carbocycles. The molecule has 1 unspecified atom stereocenters. The summed E-state index contributed by atoms with van der Waals surface area (Å²) in [7, 11) is 0. The minimum absolute atomic E-state index is 0.137. The molecule has 0 heterocycles. The number of hydrogen-bond acceptors (Lipinski definition) is 5. The van der Waals surface area contributed by atoms with Gasteiger partial charge < -0.3 is 10.1 Å². The lowest BCUT2D eigenvalue weighted by molar-refractivity contribution is -0.156. The third-order valence-electron chi connectivity index (χ3n) is 2.44. The van der Waals surface area contributed by atoms with Crippen LogP contribution in [-0.4, -0.2) is 29.7 Å². The Hall–Kier alpha value is -2.94. The highest BCUT2D eigenvalue weighted by Crippen LogP contribution is 2.00. The van der Waals surface area contributed by atoms with E-state index in [9.17, 15) is 19.2 Å². The van der Waals surface area contributed by atoms with E-state index >= 15 is 0 Å². The van der Waals surface area contributed by atoms with Crippen molar-refractivity contribution in [2.24, 2.45) is 0 Å². The molecule has 0 aliphatic rings. The Morgan fingerprint density at radius 1 is 1.09 bits per heavy atom. The first kappa shape index (κ1) is 20.1. The average Bonchev–Trinajstić information content (AvgIpc) is 2.46. The molecule has 1 amide bonds. The van der Waals surface area contributed by atoms with Gasteiger partial charge in [-0.1, -0.05) is 18.2 Å². The Kier molecular flexibility index (Phi) is 9.37. The molecule has 0 aliphatic heterocycles. The number of nitrogens with one attached hydrogen (secondary N) is 1. The number of carbonyl (C=O) groups excluding carboxylic acids is 4. The van der Waals surface area contributed by atoms with Crippen LogP contribution in [0.4, 0.5) is 0 Å². The van der Waals surface area contributed by atoms with Gasteiger partial charge in [0.25, 0.3) is 5.91 Å². The second-order valence-electron chi connectivity index (χ2n) is 4.50. The van der Waals surface area contributed by atoms with Gasteiger partial charge in [0.1, 0.15) is 0 Å². The Morgan fingerprint density at radius 3 is 1.96 bits per heavy atom. The molecule has 1 rings (SSSR count). The molecule has 6 nitrogen and oxygen atoms in total. The molecule has 1 aromatic rings. The fourth-order valence-electron chi connectivity index (χ4n) is 1.45. The van der Waals surface area contributed by atoms with Crippen LogP contribution in [0.1, 0.15) is 37.6 Å². The van der Waals surface area contributed by atoms with Crippen molar-refractivity contribution >= 4 is 23.6 Å². The van der Waals surface area contributed by atoms with E-state index in [1.165, 1.54) is 20.8 Å². The van der Waals surface area contributed by atoms with E-state index < -0.39 is 18.0 Å². The number of amides is 1. The first-order valence-corrected chi connectivity index (χ1v) is 6.76. The van der Waals surface area contributed by atoms with Crippen LogP contribution in [0.15, 0.2) is 30.3 Å². The number of carbonyl (C=O) groups is 4. The number of terminal acetylenes is 1. The fourth-order valence-corrected chi connectivity index (χ4v) is 1.45. The molecule has 0 fully saturated rings. The molecule has 0 bridgehead atoms. The van der Waals surface area contributed by atoms with Gasteiger partial charge in [0.15, 0.2) is 5.78 Å². The smallest absolute Gasteiger partial charge is 0.310 e. The second-order valence-corrected chi connectivity index (χ2v) is 4.50. The molecule has 0 saturated heterocycles. The fraction of sp³-hybridized carbons (Fsp3) is 0.294. The first-order valence-electron chi connectivity index (χ1n) is 6.76. The molecular weight excluding hydrogens is 298 g/mol. The molecule has 6 heteroatoms. The van der Waals surface area contributed by atoms with Crippen molar-refractivity contribution in [2.75, 3.05) is 0 Å². The molecule has 1 N–H and O–H groups in total. The Balaban J connectivity index is 0.000000585. The number of benzene rings is 1. The molecule has 0 spiro atoms. The minimum atomic E-state index is -0.599. The maximum absolute atomic E-state index is 11.7. The average molecular weight is 317 g/mol. The third-order valence-corrected chi connectivity index (χ3v) is 2.44. The van der Waals surface area contributed by atoms with Crippen molar-refractivity contribution in [3.8, 4) is 12.3 Å². The van der Waals surface area contributed by atoms with Crippen LogP contribution in [-0.2, 0) is 19.1 Å². The van der Waals surface area contributed by atoms with E-state index in [1.807, 2.05) is 6.07 Å². The van der Waals surface area contributed by atoms with Crippen LogP contribution in [0, 0.1) is 12.3 Å². The predicted octanol–water partition coefficient (Wildman–Crippen LogP) is 1.49. The molecule has 23 heavy (non-hydrogen) atoms. The molecule has 0 aliphatic carbocycles. The number of hydrogen-bond donors (Lipinski definition) is 1. The highest BCUT2D eigenvalue weighted by molar-refractivity contribution is 5.97. The summed E-state index contributed by atoms with van der Waals surface area (Å²) in [4.78, 5) is 42.5. The summed E-state index contributed by atoms with van der Waals surface area (Å²) in [5, 5.41) is 2.60. The van der Waals surface area contributed by atoms with Gasteiger partial charge in [0.05, 0.1) is 6.04 Å². The minimum Gasteiger partial charge on any atom is -0.394 e. The van der Waals surface area contributed by atoms with Crippen molar-refractivity contribution in [3.63, 3.8) is 0 Å². The lowest BCUT2D eigenvalue weighted by Gasteiger charge is -2.12. The number of ether oxygens (including phenoxy) is 1. The van der Waals surface area contributed by atoms with Gasteiger partial charge in [-0.05, 0) is 19.1 Å². The van der Waals surface area contributed by atoms with Crippen LogP contribution in [0.5, 0.6) is 0 Å². The molecule has 1 atom stereocenters. The zero-order valence-corrected chi connectivity index (χ0v) is 13.3. The monoisotopic (exact) mass is 317 g/mol. The van der Waals surface area contributed by atoms with Crippen molar-refractivity contribution in [1.82, 2.24) is 5.32 Å². The largest absolute Gasteiger partial charge is 0.394 e. The van der Waals surface area contributed by atoms with Gasteiger partial charge in [-0.15, -0.1) is 12.3 Å². The predicted molar refractivity (Wildman–Crippen MR) is 84.3 cm³/mol. The number of ketones is 1. The molecule has 122 valence electrons. The van der Waals surface area contributed by atoms with E-state index in [-0.39, 0.29) is 18.1 Å². The highest BCUT2D eigenvalue weighted by atomic mass is 16.6. The maximum atomic E-state index is 11.7. The van der Waals surface area contributed by atoms with Gasteiger partial charge in [0, 0.05) is 25.8 Å². The number of rotatable bonds is 4. The van der Waals surface area contributed by atoms with E-state index in [4.69, 9.17) is 6.42 Å². The SMILES string of the molecule is C#CCC(NC(=O)c1ccccc1)C(C)=O.CC(=O)OC(C)=O. The van der Waals surface area contributed by atoms with Gasteiger partial charge >= 0.3 is 11.9 Å². The quantitative estimate of drug-likeness (QED) is 0.516. The second kappa shape index (κ2) is 10.7. The van der Waals surface area contributed by atoms with Gasteiger partial charge in [-0.3, -0.25) is 19.2 Å². The summed E-state index contributed by atoms with van der Waals surface area (Å²) >= 11 is 0. The van der Waals surface area contributed by atoms with Gasteiger partial charge in [0.2, 0.25) is 0 Å². The summed E-state index contributed by atoms with van der Waals surface area (Å²) in [6.07, 6.45) is 5.34. The van der Waals surface area contributed by atoms with Crippen molar-refractivity contribution in [2.45, 2.75) is 33.2 Å². The number of Topliss-reactive ketones (excluding diaryl/α,β-unsaturated/α-hetero) is 1. The van der Waals surface area contributed by atoms with E-state index in [1.54, 1.807) is 24.3 Å². The molecule has 0 radical (unpaired) electrons. The third kappa shape index (κ3) is 9.58. The van der Waals surface area contributed by atoms with Crippen molar-refractivity contribution < 1.29 is 23.9 Å². The van der Waals surface area contributed by atoms with E-state index in [0.29, 0.717) is 5.56 Å². The summed E-state index contributed by atoms with van der Waals surface area (Å²) in [5.74, 6) is 0.827. The standard InChI is InChI=1S/C13H13NO2.C4H6O3/c1-3-7-12(10(2)15)14-13(16)11-8-5-4-6-9-11;1-3(5)7-4(2)6/h1,4-6,8-9,12H,7H2,2H3,(H,14,16);1-2H3. The Morgan fingerprint density at radius 2 is 1.61 bits per heavy atom. The lowest BCUT2D eigenvalue weighted by atomic mass is 10.1. The zero-order chi connectivity index (χ0) is 17.8. The summed E-state index contributed by atoms with van der Waals surface area (Å²) in [6.45, 7) is 3.77. The summed E-state index contributed by atoms with van der Waals surface area (Å²) in [6, 6.07) is 8.11. The lowest BCUT2D eigenvalue weighted by Crippen LogP contribution is -2.39.